The van der Waals surface area contributed by atoms with Crippen molar-refractivity contribution in [3.8, 4) is 0 Å². The molecule has 0 saturated heterocycles. The van der Waals surface area contributed by atoms with Gasteiger partial charge in [-0.1, -0.05) is 19.9 Å². The molecule has 0 N–H and O–H groups in total. The summed E-state index contributed by atoms with van der Waals surface area (Å²) >= 11 is 0. The number of imidazole rings is 1. The Bertz CT molecular complexity index is 820. The number of aromatic nitrogens is 4. The molecule has 1 atom stereocenters. The third-order valence-electron chi connectivity index (χ3n) is 4.10. The molecule has 0 radical (unpaired) electrons. The molecule has 0 bridgehead atoms. The Morgan fingerprint density at radius 3 is 2.77 bits per heavy atom. The van der Waals surface area contributed by atoms with Gasteiger partial charge in [-0.2, -0.15) is 0 Å². The highest BCUT2D eigenvalue weighted by molar-refractivity contribution is 5.78. The van der Waals surface area contributed by atoms with Crippen LogP contribution < -0.4 is 5.56 Å². The van der Waals surface area contributed by atoms with Crippen LogP contribution in [0.25, 0.3) is 10.9 Å². The van der Waals surface area contributed by atoms with Gasteiger partial charge < -0.3 is 4.57 Å². The van der Waals surface area contributed by atoms with Gasteiger partial charge in [0.2, 0.25) is 0 Å². The largest absolute Gasteiger partial charge is 0.335 e. The van der Waals surface area contributed by atoms with Crippen LogP contribution in [0.15, 0.2) is 48.0 Å². The van der Waals surface area contributed by atoms with Crippen LogP contribution in [0.3, 0.4) is 0 Å². The van der Waals surface area contributed by atoms with Gasteiger partial charge in [-0.25, -0.2) is 9.97 Å². The van der Waals surface area contributed by atoms with E-state index >= 15 is 0 Å². The van der Waals surface area contributed by atoms with Crippen molar-refractivity contribution in [3.05, 3.63) is 59.2 Å². The summed E-state index contributed by atoms with van der Waals surface area (Å²) in [5.41, 5.74) is 1.95. The van der Waals surface area contributed by atoms with E-state index in [4.69, 9.17) is 0 Å². The van der Waals surface area contributed by atoms with Crippen LogP contribution in [0.5, 0.6) is 0 Å². The fraction of sp³-hybridized carbons (Fsp3) is 0.353. The molecule has 0 aliphatic heterocycles. The molecule has 0 unspecified atom stereocenters. The molecule has 0 saturated carbocycles. The minimum atomic E-state index is 0.0345. The van der Waals surface area contributed by atoms with E-state index in [0.29, 0.717) is 5.39 Å². The number of fused-ring (bicyclic) bond motifs is 1. The van der Waals surface area contributed by atoms with Crippen molar-refractivity contribution in [1.82, 2.24) is 19.1 Å². The quantitative estimate of drug-likeness (QED) is 0.727. The monoisotopic (exact) mass is 296 g/mol. The van der Waals surface area contributed by atoms with Gasteiger partial charge in [-0.15, -0.1) is 0 Å². The predicted molar refractivity (Wildman–Crippen MR) is 86.9 cm³/mol. The first-order valence-electron chi connectivity index (χ1n) is 7.68. The predicted octanol–water partition coefficient (Wildman–Crippen LogP) is 2.81. The molecular weight excluding hydrogens is 276 g/mol. The summed E-state index contributed by atoms with van der Waals surface area (Å²) < 4.78 is 3.75. The second-order valence-electron chi connectivity index (χ2n) is 5.48. The smallest absolute Gasteiger partial charge is 0.261 e. The van der Waals surface area contributed by atoms with E-state index < -0.39 is 0 Å². The Hall–Kier alpha value is -2.43. The molecule has 3 rings (SSSR count). The average molecular weight is 296 g/mol. The van der Waals surface area contributed by atoms with E-state index in [9.17, 15) is 4.79 Å². The van der Waals surface area contributed by atoms with Crippen molar-refractivity contribution in [1.29, 1.82) is 0 Å². The van der Waals surface area contributed by atoms with Crippen molar-refractivity contribution in [3.63, 3.8) is 0 Å². The zero-order valence-electron chi connectivity index (χ0n) is 12.9. The number of nitrogens with zero attached hydrogens (tertiary/aromatic N) is 4. The van der Waals surface area contributed by atoms with Gasteiger partial charge in [0.15, 0.2) is 0 Å². The molecule has 2 heterocycles. The van der Waals surface area contributed by atoms with E-state index in [1.807, 2.05) is 29.0 Å². The summed E-state index contributed by atoms with van der Waals surface area (Å²) in [5, 5.41) is 0.700. The normalized spacial score (nSPS) is 12.6. The summed E-state index contributed by atoms with van der Waals surface area (Å²) in [5.74, 6) is 0. The van der Waals surface area contributed by atoms with Crippen LogP contribution in [0.1, 0.15) is 31.9 Å². The molecule has 5 heteroatoms. The van der Waals surface area contributed by atoms with Gasteiger partial charge in [0.1, 0.15) is 0 Å². The van der Waals surface area contributed by atoms with Crippen LogP contribution >= 0.6 is 0 Å². The standard InChI is InChI=1S/C17H20N4O/c1-3-13-5-6-16-15(9-13)17(22)21(12-19-16)14(4-2)10-20-8-7-18-11-20/h5-9,11-12,14H,3-4,10H2,1-2H3/t14-/m0/s1. The molecule has 3 aromatic rings. The van der Waals surface area contributed by atoms with E-state index in [1.165, 1.54) is 0 Å². The first-order chi connectivity index (χ1) is 10.7. The second-order valence-corrected chi connectivity index (χ2v) is 5.48. The van der Waals surface area contributed by atoms with Crippen molar-refractivity contribution in [2.75, 3.05) is 0 Å². The van der Waals surface area contributed by atoms with E-state index in [2.05, 4.69) is 23.8 Å². The van der Waals surface area contributed by atoms with Crippen LogP contribution in [-0.2, 0) is 13.0 Å². The molecule has 5 nitrogen and oxygen atoms in total. The number of rotatable bonds is 5. The number of aryl methyl sites for hydroxylation is 1. The lowest BCUT2D eigenvalue weighted by atomic mass is 10.1. The third kappa shape index (κ3) is 2.66. The lowest BCUT2D eigenvalue weighted by Gasteiger charge is -2.18. The molecule has 0 aliphatic carbocycles. The van der Waals surface area contributed by atoms with Crippen LogP contribution in [0, 0.1) is 0 Å². The number of hydrogen-bond acceptors (Lipinski definition) is 3. The Kier molecular flexibility index (Phi) is 4.04. The van der Waals surface area contributed by atoms with Crippen molar-refractivity contribution in [2.24, 2.45) is 0 Å². The Morgan fingerprint density at radius 2 is 2.09 bits per heavy atom. The summed E-state index contributed by atoms with van der Waals surface area (Å²) in [6, 6.07) is 5.99. The van der Waals surface area contributed by atoms with E-state index in [-0.39, 0.29) is 11.6 Å². The SMILES string of the molecule is CCc1ccc2ncn([C@@H](CC)Cn3ccnc3)c(=O)c2c1. The molecule has 114 valence electrons. The molecule has 22 heavy (non-hydrogen) atoms. The van der Waals surface area contributed by atoms with Gasteiger partial charge >= 0.3 is 0 Å². The van der Waals surface area contributed by atoms with Gasteiger partial charge in [0.25, 0.3) is 5.56 Å². The van der Waals surface area contributed by atoms with Crippen LogP contribution in [-0.4, -0.2) is 19.1 Å². The van der Waals surface area contributed by atoms with Gasteiger partial charge in [-0.3, -0.25) is 9.36 Å². The summed E-state index contributed by atoms with van der Waals surface area (Å²) in [7, 11) is 0. The maximum absolute atomic E-state index is 12.8. The molecule has 0 amide bonds. The van der Waals surface area contributed by atoms with Crippen LogP contribution in [0.4, 0.5) is 0 Å². The maximum atomic E-state index is 12.8. The van der Waals surface area contributed by atoms with Gasteiger partial charge in [0.05, 0.1) is 29.6 Å². The van der Waals surface area contributed by atoms with Crippen LogP contribution in [0.2, 0.25) is 0 Å². The van der Waals surface area contributed by atoms with Crippen molar-refractivity contribution < 1.29 is 0 Å². The number of hydrogen-bond donors (Lipinski definition) is 0. The lowest BCUT2D eigenvalue weighted by molar-refractivity contribution is 0.406. The molecule has 2 aromatic heterocycles. The highest BCUT2D eigenvalue weighted by atomic mass is 16.1. The second kappa shape index (κ2) is 6.13. The minimum Gasteiger partial charge on any atom is -0.335 e. The first-order valence-corrected chi connectivity index (χ1v) is 7.68. The Balaban J connectivity index is 2.05. The zero-order valence-corrected chi connectivity index (χ0v) is 12.9. The lowest BCUT2D eigenvalue weighted by Crippen LogP contribution is -2.27. The Labute approximate surface area is 129 Å². The fourth-order valence-electron chi connectivity index (χ4n) is 2.71. The zero-order chi connectivity index (χ0) is 15.5. The molecule has 0 aliphatic rings. The summed E-state index contributed by atoms with van der Waals surface area (Å²) in [6.45, 7) is 4.89. The average Bonchev–Trinajstić information content (AvgIpc) is 3.06. The molecule has 1 aromatic carbocycles. The van der Waals surface area contributed by atoms with E-state index in [0.717, 1.165) is 30.5 Å². The summed E-state index contributed by atoms with van der Waals surface area (Å²) in [6.07, 6.45) is 8.88. The molecule has 0 spiro atoms. The highest BCUT2D eigenvalue weighted by Crippen LogP contribution is 2.15. The summed E-state index contributed by atoms with van der Waals surface area (Å²) in [4.78, 5) is 21.3. The first kappa shape index (κ1) is 14.5. The highest BCUT2D eigenvalue weighted by Gasteiger charge is 2.13. The maximum Gasteiger partial charge on any atom is 0.261 e. The molecule has 0 fully saturated rings. The van der Waals surface area contributed by atoms with Gasteiger partial charge in [-0.05, 0) is 30.5 Å². The minimum absolute atomic E-state index is 0.0345. The van der Waals surface area contributed by atoms with Crippen molar-refractivity contribution in [2.45, 2.75) is 39.3 Å². The Morgan fingerprint density at radius 1 is 1.23 bits per heavy atom. The topological polar surface area (TPSA) is 52.7 Å². The third-order valence-corrected chi connectivity index (χ3v) is 4.10. The van der Waals surface area contributed by atoms with Gasteiger partial charge in [0, 0.05) is 18.9 Å². The fourth-order valence-corrected chi connectivity index (χ4v) is 2.71. The van der Waals surface area contributed by atoms with Crippen molar-refractivity contribution >= 4 is 10.9 Å². The number of benzene rings is 1. The van der Waals surface area contributed by atoms with E-state index in [1.54, 1.807) is 23.4 Å². The molecular formula is C17H20N4O.